The van der Waals surface area contributed by atoms with Crippen molar-refractivity contribution in [3.63, 3.8) is 0 Å². The van der Waals surface area contributed by atoms with Gasteiger partial charge in [0.1, 0.15) is 12.4 Å². The highest BCUT2D eigenvalue weighted by Gasteiger charge is 2.14. The Hall–Kier alpha value is -4.05. The molecule has 1 amide bonds. The van der Waals surface area contributed by atoms with E-state index in [2.05, 4.69) is 15.0 Å². The number of nitrogens with one attached hydrogen (secondary N) is 2. The topological polar surface area (TPSA) is 110 Å². The van der Waals surface area contributed by atoms with Gasteiger partial charge in [0.25, 0.3) is 15.6 Å². The molecule has 0 bridgehead atoms. The zero-order chi connectivity index (χ0) is 22.7. The number of aromatic nitrogens is 2. The number of nitrogens with zero attached hydrogens (tertiary/aromatic N) is 2. The van der Waals surface area contributed by atoms with Gasteiger partial charge < -0.3 is 5.32 Å². The predicted molar refractivity (Wildman–Crippen MR) is 118 cm³/mol. The van der Waals surface area contributed by atoms with Gasteiger partial charge in [-0.15, -0.1) is 0 Å². The largest absolute Gasteiger partial charge is 0.324 e. The molecule has 0 aliphatic heterocycles. The first-order chi connectivity index (χ1) is 15.3. The third-order valence-electron chi connectivity index (χ3n) is 4.55. The summed E-state index contributed by atoms with van der Waals surface area (Å²) in [7, 11) is -3.78. The summed E-state index contributed by atoms with van der Waals surface area (Å²) in [6.45, 7) is -0.349. The van der Waals surface area contributed by atoms with E-state index in [1.807, 2.05) is 0 Å². The van der Waals surface area contributed by atoms with Gasteiger partial charge in [0.05, 0.1) is 27.8 Å². The molecular formula is C22H17FN4O4S. The molecule has 10 heteroatoms. The van der Waals surface area contributed by atoms with Crippen LogP contribution in [-0.4, -0.2) is 23.9 Å². The number of anilines is 2. The molecular weight excluding hydrogens is 435 g/mol. The summed E-state index contributed by atoms with van der Waals surface area (Å²) in [6, 6.07) is 17.7. The molecule has 2 N–H and O–H groups in total. The Bertz CT molecular complexity index is 1470. The first-order valence-electron chi connectivity index (χ1n) is 9.44. The molecule has 3 aromatic carbocycles. The minimum absolute atomic E-state index is 0.0672. The lowest BCUT2D eigenvalue weighted by molar-refractivity contribution is -0.116. The van der Waals surface area contributed by atoms with E-state index in [9.17, 15) is 22.4 Å². The minimum atomic E-state index is -3.78. The Labute approximate surface area is 182 Å². The van der Waals surface area contributed by atoms with Crippen molar-refractivity contribution in [1.29, 1.82) is 0 Å². The molecule has 0 aliphatic carbocycles. The molecule has 0 radical (unpaired) electrons. The van der Waals surface area contributed by atoms with Crippen LogP contribution in [0.4, 0.5) is 15.8 Å². The van der Waals surface area contributed by atoms with Crippen LogP contribution >= 0.6 is 0 Å². The highest BCUT2D eigenvalue weighted by molar-refractivity contribution is 7.92. The van der Waals surface area contributed by atoms with Gasteiger partial charge in [0, 0.05) is 5.69 Å². The summed E-state index contributed by atoms with van der Waals surface area (Å²) in [5.74, 6) is -1.11. The lowest BCUT2D eigenvalue weighted by atomic mass is 10.2. The van der Waals surface area contributed by atoms with Crippen LogP contribution in [-0.2, 0) is 21.4 Å². The van der Waals surface area contributed by atoms with Gasteiger partial charge >= 0.3 is 0 Å². The zero-order valence-electron chi connectivity index (χ0n) is 16.5. The van der Waals surface area contributed by atoms with Crippen molar-refractivity contribution < 1.29 is 17.6 Å². The summed E-state index contributed by atoms with van der Waals surface area (Å²) in [6.07, 6.45) is 1.21. The average Bonchev–Trinajstić information content (AvgIpc) is 2.76. The van der Waals surface area contributed by atoms with Crippen molar-refractivity contribution in [1.82, 2.24) is 9.55 Å². The first-order valence-corrected chi connectivity index (χ1v) is 10.9. The Morgan fingerprint density at radius 2 is 1.72 bits per heavy atom. The number of sulfonamides is 1. The quantitative estimate of drug-likeness (QED) is 0.467. The standard InChI is InChI=1S/C22H17FN4O4S/c23-15-9-10-20-19(11-15)22(29)27(14-24-20)13-21(28)25-16-5-4-6-17(12-16)26-32(30,31)18-7-2-1-3-8-18/h1-12,14,26H,13H2,(H,25,28). The molecule has 0 atom stereocenters. The van der Waals surface area contributed by atoms with Crippen LogP contribution in [0.5, 0.6) is 0 Å². The maximum Gasteiger partial charge on any atom is 0.261 e. The Morgan fingerprint density at radius 1 is 0.969 bits per heavy atom. The molecule has 1 aromatic heterocycles. The number of hydrogen-bond acceptors (Lipinski definition) is 5. The van der Waals surface area contributed by atoms with E-state index in [4.69, 9.17) is 0 Å². The second-order valence-electron chi connectivity index (χ2n) is 6.89. The van der Waals surface area contributed by atoms with Gasteiger partial charge in [-0.2, -0.15) is 0 Å². The van der Waals surface area contributed by atoms with Crippen molar-refractivity contribution in [3.05, 3.63) is 95.3 Å². The average molecular weight is 452 g/mol. The zero-order valence-corrected chi connectivity index (χ0v) is 17.3. The predicted octanol–water partition coefficient (Wildman–Crippen LogP) is 2.98. The van der Waals surface area contributed by atoms with Crippen LogP contribution in [0, 0.1) is 5.82 Å². The number of carbonyl (C=O) groups excluding carboxylic acids is 1. The lowest BCUT2D eigenvalue weighted by Gasteiger charge is -2.11. The maximum absolute atomic E-state index is 13.5. The Kier molecular flexibility index (Phi) is 5.69. The van der Waals surface area contributed by atoms with E-state index in [0.29, 0.717) is 11.2 Å². The molecule has 0 fully saturated rings. The van der Waals surface area contributed by atoms with E-state index in [1.54, 1.807) is 36.4 Å². The van der Waals surface area contributed by atoms with Crippen LogP contribution in [0.1, 0.15) is 0 Å². The molecule has 0 aliphatic rings. The highest BCUT2D eigenvalue weighted by atomic mass is 32.2. The van der Waals surface area contributed by atoms with Crippen molar-refractivity contribution in [2.24, 2.45) is 0 Å². The second kappa shape index (κ2) is 8.60. The SMILES string of the molecule is O=C(Cn1cnc2ccc(F)cc2c1=O)Nc1cccc(NS(=O)(=O)c2ccccc2)c1. The first kappa shape index (κ1) is 21.2. The third kappa shape index (κ3) is 4.65. The Balaban J connectivity index is 1.49. The highest BCUT2D eigenvalue weighted by Crippen LogP contribution is 2.19. The van der Waals surface area contributed by atoms with E-state index in [-0.39, 0.29) is 22.5 Å². The molecule has 32 heavy (non-hydrogen) atoms. The van der Waals surface area contributed by atoms with Crippen molar-refractivity contribution in [2.75, 3.05) is 10.0 Å². The molecule has 162 valence electrons. The lowest BCUT2D eigenvalue weighted by Crippen LogP contribution is -2.28. The molecule has 0 saturated heterocycles. The van der Waals surface area contributed by atoms with Crippen molar-refractivity contribution in [3.8, 4) is 0 Å². The normalized spacial score (nSPS) is 11.3. The summed E-state index contributed by atoms with van der Waals surface area (Å²) in [4.78, 5) is 29.1. The van der Waals surface area contributed by atoms with Crippen LogP contribution in [0.2, 0.25) is 0 Å². The fourth-order valence-electron chi connectivity index (χ4n) is 3.07. The summed E-state index contributed by atoms with van der Waals surface area (Å²) < 4.78 is 41.9. The van der Waals surface area contributed by atoms with Gasteiger partial charge in [0.15, 0.2) is 0 Å². The van der Waals surface area contributed by atoms with Crippen molar-refractivity contribution >= 4 is 38.2 Å². The van der Waals surface area contributed by atoms with Crippen LogP contribution in [0.15, 0.2) is 88.8 Å². The number of amides is 1. The minimum Gasteiger partial charge on any atom is -0.324 e. The van der Waals surface area contributed by atoms with Crippen molar-refractivity contribution in [2.45, 2.75) is 11.4 Å². The monoisotopic (exact) mass is 452 g/mol. The second-order valence-corrected chi connectivity index (χ2v) is 8.57. The number of hydrogen-bond donors (Lipinski definition) is 2. The fourth-order valence-corrected chi connectivity index (χ4v) is 4.14. The van der Waals surface area contributed by atoms with Gasteiger partial charge in [-0.25, -0.2) is 17.8 Å². The number of halogens is 1. The summed E-state index contributed by atoms with van der Waals surface area (Å²) in [5.41, 5.74) is 0.364. The molecule has 8 nitrogen and oxygen atoms in total. The Morgan fingerprint density at radius 3 is 2.50 bits per heavy atom. The van der Waals surface area contributed by atoms with E-state index < -0.39 is 27.3 Å². The molecule has 0 unspecified atom stereocenters. The van der Waals surface area contributed by atoms with E-state index in [1.165, 1.54) is 36.7 Å². The van der Waals surface area contributed by atoms with Gasteiger partial charge in [-0.1, -0.05) is 24.3 Å². The van der Waals surface area contributed by atoms with Gasteiger partial charge in [0.2, 0.25) is 5.91 Å². The molecule has 4 aromatic rings. The van der Waals surface area contributed by atoms with Crippen LogP contribution in [0.3, 0.4) is 0 Å². The number of rotatable bonds is 6. The van der Waals surface area contributed by atoms with Gasteiger partial charge in [-0.05, 0) is 48.5 Å². The number of fused-ring (bicyclic) bond motifs is 1. The molecule has 0 spiro atoms. The van der Waals surface area contributed by atoms with Crippen LogP contribution < -0.4 is 15.6 Å². The van der Waals surface area contributed by atoms with E-state index >= 15 is 0 Å². The molecule has 1 heterocycles. The summed E-state index contributed by atoms with van der Waals surface area (Å²) >= 11 is 0. The summed E-state index contributed by atoms with van der Waals surface area (Å²) in [5, 5.41) is 2.67. The molecule has 4 rings (SSSR count). The van der Waals surface area contributed by atoms with Crippen LogP contribution in [0.25, 0.3) is 10.9 Å². The number of carbonyl (C=O) groups is 1. The number of benzene rings is 3. The third-order valence-corrected chi connectivity index (χ3v) is 5.95. The van der Waals surface area contributed by atoms with E-state index in [0.717, 1.165) is 10.6 Å². The maximum atomic E-state index is 13.5. The van der Waals surface area contributed by atoms with Gasteiger partial charge in [-0.3, -0.25) is 18.9 Å². The molecule has 0 saturated carbocycles. The smallest absolute Gasteiger partial charge is 0.261 e. The fraction of sp³-hybridized carbons (Fsp3) is 0.0455.